The Balaban J connectivity index is 2.73. The summed E-state index contributed by atoms with van der Waals surface area (Å²) in [5.41, 5.74) is 7.87. The fraction of sp³-hybridized carbons (Fsp3) is 0.400. The summed E-state index contributed by atoms with van der Waals surface area (Å²) >= 11 is 3.46. The van der Waals surface area contributed by atoms with Crippen LogP contribution in [0.3, 0.4) is 0 Å². The van der Waals surface area contributed by atoms with E-state index < -0.39 is 0 Å². The van der Waals surface area contributed by atoms with E-state index in [0.29, 0.717) is 12.6 Å². The van der Waals surface area contributed by atoms with Crippen LogP contribution in [0.1, 0.15) is 12.5 Å². The van der Waals surface area contributed by atoms with Crippen LogP contribution in [0.2, 0.25) is 0 Å². The van der Waals surface area contributed by atoms with Crippen molar-refractivity contribution >= 4 is 21.6 Å². The maximum Gasteiger partial charge on any atom is 0.0355 e. The average Bonchev–Trinajstić information content (AvgIpc) is 2.11. The molecule has 2 nitrogen and oxygen atoms in total. The first kappa shape index (κ1) is 10.5. The summed E-state index contributed by atoms with van der Waals surface area (Å²) in [6.45, 7) is 4.79. The van der Waals surface area contributed by atoms with Gasteiger partial charge in [-0.25, -0.2) is 0 Å². The highest BCUT2D eigenvalue weighted by molar-refractivity contribution is 9.10. The molecule has 0 aliphatic carbocycles. The molecule has 3 heteroatoms. The molecule has 0 radical (unpaired) electrons. The van der Waals surface area contributed by atoms with Crippen LogP contribution in [-0.4, -0.2) is 12.6 Å². The molecule has 0 spiro atoms. The van der Waals surface area contributed by atoms with Gasteiger partial charge in [-0.05, 0) is 37.6 Å². The standard InChI is InChI=1S/C10H15BrN2/c1-7-5-9(3-4-10(7)11)13-8(2)6-12/h3-5,8,13H,6,12H2,1-2H3. The third kappa shape index (κ3) is 3.01. The lowest BCUT2D eigenvalue weighted by atomic mass is 10.2. The van der Waals surface area contributed by atoms with E-state index in [-0.39, 0.29) is 0 Å². The second-order valence-corrected chi connectivity index (χ2v) is 4.10. The molecular formula is C10H15BrN2. The highest BCUT2D eigenvalue weighted by Crippen LogP contribution is 2.20. The smallest absolute Gasteiger partial charge is 0.0355 e. The number of rotatable bonds is 3. The summed E-state index contributed by atoms with van der Waals surface area (Å²) in [5, 5.41) is 3.31. The van der Waals surface area contributed by atoms with Crippen molar-refractivity contribution in [2.45, 2.75) is 19.9 Å². The normalized spacial score (nSPS) is 12.6. The highest BCUT2D eigenvalue weighted by atomic mass is 79.9. The summed E-state index contributed by atoms with van der Waals surface area (Å²) in [4.78, 5) is 0. The minimum atomic E-state index is 0.320. The van der Waals surface area contributed by atoms with Gasteiger partial charge < -0.3 is 11.1 Å². The van der Waals surface area contributed by atoms with Crippen LogP contribution < -0.4 is 11.1 Å². The van der Waals surface area contributed by atoms with Gasteiger partial charge in [-0.3, -0.25) is 0 Å². The number of hydrogen-bond acceptors (Lipinski definition) is 2. The van der Waals surface area contributed by atoms with E-state index in [0.717, 1.165) is 10.2 Å². The zero-order valence-electron chi connectivity index (χ0n) is 7.97. The van der Waals surface area contributed by atoms with E-state index in [2.05, 4.69) is 41.2 Å². The molecule has 0 bridgehead atoms. The van der Waals surface area contributed by atoms with E-state index in [9.17, 15) is 0 Å². The molecule has 0 fully saturated rings. The van der Waals surface area contributed by atoms with E-state index in [1.54, 1.807) is 0 Å². The Hall–Kier alpha value is -0.540. The second-order valence-electron chi connectivity index (χ2n) is 3.25. The molecule has 72 valence electrons. The van der Waals surface area contributed by atoms with Crippen molar-refractivity contribution in [3.05, 3.63) is 28.2 Å². The first-order valence-corrected chi connectivity index (χ1v) is 5.15. The van der Waals surface area contributed by atoms with Gasteiger partial charge in [0.15, 0.2) is 0 Å². The van der Waals surface area contributed by atoms with Crippen molar-refractivity contribution in [3.8, 4) is 0 Å². The van der Waals surface area contributed by atoms with Crippen molar-refractivity contribution in [3.63, 3.8) is 0 Å². The van der Waals surface area contributed by atoms with Gasteiger partial charge in [0.2, 0.25) is 0 Å². The van der Waals surface area contributed by atoms with Gasteiger partial charge in [-0.2, -0.15) is 0 Å². The molecule has 1 aromatic carbocycles. The molecule has 3 N–H and O–H groups in total. The topological polar surface area (TPSA) is 38.0 Å². The van der Waals surface area contributed by atoms with Crippen LogP contribution in [-0.2, 0) is 0 Å². The van der Waals surface area contributed by atoms with Crippen molar-refractivity contribution < 1.29 is 0 Å². The quantitative estimate of drug-likeness (QED) is 0.856. The van der Waals surface area contributed by atoms with E-state index in [1.807, 2.05) is 12.1 Å². The zero-order valence-corrected chi connectivity index (χ0v) is 9.56. The summed E-state index contributed by atoms with van der Waals surface area (Å²) in [7, 11) is 0. The number of nitrogens with one attached hydrogen (secondary N) is 1. The molecule has 0 amide bonds. The Labute approximate surface area is 87.6 Å². The number of hydrogen-bond donors (Lipinski definition) is 2. The molecule has 0 heterocycles. The van der Waals surface area contributed by atoms with E-state index in [1.165, 1.54) is 5.56 Å². The van der Waals surface area contributed by atoms with Crippen LogP contribution in [0, 0.1) is 6.92 Å². The van der Waals surface area contributed by atoms with Crippen LogP contribution >= 0.6 is 15.9 Å². The fourth-order valence-corrected chi connectivity index (χ4v) is 1.32. The van der Waals surface area contributed by atoms with Crippen LogP contribution in [0.25, 0.3) is 0 Å². The van der Waals surface area contributed by atoms with Crippen LogP contribution in [0.4, 0.5) is 5.69 Å². The molecule has 0 aliphatic heterocycles. The van der Waals surface area contributed by atoms with Gasteiger partial charge in [0.05, 0.1) is 0 Å². The van der Waals surface area contributed by atoms with Gasteiger partial charge in [0.1, 0.15) is 0 Å². The molecule has 0 aliphatic rings. The van der Waals surface area contributed by atoms with Crippen molar-refractivity contribution in [1.29, 1.82) is 0 Å². The summed E-state index contributed by atoms with van der Waals surface area (Å²) < 4.78 is 1.14. The Morgan fingerprint density at radius 3 is 2.77 bits per heavy atom. The Kier molecular flexibility index (Phi) is 3.75. The lowest BCUT2D eigenvalue weighted by Crippen LogP contribution is -2.25. The zero-order chi connectivity index (χ0) is 9.84. The molecule has 1 unspecified atom stereocenters. The molecular weight excluding hydrogens is 228 g/mol. The molecule has 1 rings (SSSR count). The minimum absolute atomic E-state index is 0.320. The van der Waals surface area contributed by atoms with Gasteiger partial charge in [0.25, 0.3) is 0 Å². The van der Waals surface area contributed by atoms with Crippen LogP contribution in [0.15, 0.2) is 22.7 Å². The number of halogens is 1. The second kappa shape index (κ2) is 4.63. The predicted molar refractivity (Wildman–Crippen MR) is 61.0 cm³/mol. The monoisotopic (exact) mass is 242 g/mol. The Morgan fingerprint density at radius 1 is 1.54 bits per heavy atom. The Bertz CT molecular complexity index is 286. The maximum absolute atomic E-state index is 5.52. The lowest BCUT2D eigenvalue weighted by molar-refractivity contribution is 0.804. The predicted octanol–water partition coefficient (Wildman–Crippen LogP) is 2.52. The fourth-order valence-electron chi connectivity index (χ4n) is 1.08. The lowest BCUT2D eigenvalue weighted by Gasteiger charge is -2.13. The summed E-state index contributed by atoms with van der Waals surface area (Å²) in [6, 6.07) is 6.51. The van der Waals surface area contributed by atoms with Crippen molar-refractivity contribution in [2.24, 2.45) is 5.73 Å². The number of anilines is 1. The number of aryl methyl sites for hydroxylation is 1. The summed E-state index contributed by atoms with van der Waals surface area (Å²) in [6.07, 6.45) is 0. The van der Waals surface area contributed by atoms with Gasteiger partial charge in [-0.15, -0.1) is 0 Å². The van der Waals surface area contributed by atoms with Gasteiger partial charge >= 0.3 is 0 Å². The third-order valence-electron chi connectivity index (χ3n) is 1.92. The highest BCUT2D eigenvalue weighted by Gasteiger charge is 2.00. The Morgan fingerprint density at radius 2 is 2.23 bits per heavy atom. The van der Waals surface area contributed by atoms with E-state index in [4.69, 9.17) is 5.73 Å². The van der Waals surface area contributed by atoms with Gasteiger partial charge in [0, 0.05) is 22.7 Å². The molecule has 1 aromatic rings. The van der Waals surface area contributed by atoms with Gasteiger partial charge in [-0.1, -0.05) is 15.9 Å². The SMILES string of the molecule is Cc1cc(NC(C)CN)ccc1Br. The number of benzene rings is 1. The average molecular weight is 243 g/mol. The van der Waals surface area contributed by atoms with Crippen molar-refractivity contribution in [2.75, 3.05) is 11.9 Å². The third-order valence-corrected chi connectivity index (χ3v) is 2.81. The van der Waals surface area contributed by atoms with E-state index >= 15 is 0 Å². The molecule has 0 saturated carbocycles. The van der Waals surface area contributed by atoms with Crippen molar-refractivity contribution in [1.82, 2.24) is 0 Å². The first-order chi connectivity index (χ1) is 6.13. The number of nitrogens with two attached hydrogens (primary N) is 1. The molecule has 13 heavy (non-hydrogen) atoms. The first-order valence-electron chi connectivity index (χ1n) is 4.36. The largest absolute Gasteiger partial charge is 0.381 e. The summed E-state index contributed by atoms with van der Waals surface area (Å²) in [5.74, 6) is 0. The molecule has 1 atom stereocenters. The minimum Gasteiger partial charge on any atom is -0.381 e. The maximum atomic E-state index is 5.52. The molecule has 0 aromatic heterocycles. The van der Waals surface area contributed by atoms with Crippen LogP contribution in [0.5, 0.6) is 0 Å². The molecule has 0 saturated heterocycles.